The summed E-state index contributed by atoms with van der Waals surface area (Å²) >= 11 is 0. The van der Waals surface area contributed by atoms with Crippen LogP contribution in [-0.2, 0) is 41.9 Å². The Morgan fingerprint density at radius 2 is 1.69 bits per heavy atom. The van der Waals surface area contributed by atoms with Gasteiger partial charge in [0.15, 0.2) is 9.84 Å². The average Bonchev–Trinajstić information content (AvgIpc) is 2.81. The molecule has 0 radical (unpaired) electrons. The van der Waals surface area contributed by atoms with Crippen LogP contribution in [0.1, 0.15) is 65.0 Å². The Balaban J connectivity index is 1.74. The van der Waals surface area contributed by atoms with E-state index in [-0.39, 0.29) is 42.7 Å². The monoisotopic (exact) mass is 522 g/mol. The van der Waals surface area contributed by atoms with E-state index in [0.29, 0.717) is 32.4 Å². The third kappa shape index (κ3) is 6.57. The van der Waals surface area contributed by atoms with Gasteiger partial charge in [0.2, 0.25) is 5.91 Å². The van der Waals surface area contributed by atoms with E-state index in [9.17, 15) is 22.8 Å². The zero-order valence-corrected chi connectivity index (χ0v) is 22.8. The maximum absolute atomic E-state index is 13.3. The van der Waals surface area contributed by atoms with Gasteiger partial charge in [0, 0.05) is 33.1 Å². The Kier molecular flexibility index (Phi) is 8.37. The normalized spacial score (nSPS) is 17.8. The molecule has 0 N–H and O–H groups in total. The highest BCUT2D eigenvalue weighted by Gasteiger charge is 2.44. The van der Waals surface area contributed by atoms with Crippen molar-refractivity contribution in [3.8, 4) is 0 Å². The van der Waals surface area contributed by atoms with Crippen LogP contribution in [-0.4, -0.2) is 73.8 Å². The lowest BCUT2D eigenvalue weighted by Gasteiger charge is -2.40. The van der Waals surface area contributed by atoms with Crippen molar-refractivity contribution in [2.75, 3.05) is 32.0 Å². The molecular formula is C26H38N2O7S. The number of ether oxygens (including phenoxy) is 2. The Morgan fingerprint density at radius 3 is 2.28 bits per heavy atom. The predicted octanol–water partition coefficient (Wildman–Crippen LogP) is 3.34. The van der Waals surface area contributed by atoms with Crippen molar-refractivity contribution in [1.82, 2.24) is 9.80 Å². The quantitative estimate of drug-likeness (QED) is 0.527. The van der Waals surface area contributed by atoms with Crippen molar-refractivity contribution in [3.05, 3.63) is 29.3 Å². The SMILES string of the molecule is CCOC(=O)C1(CCS(=O)(=O)c2ccc3c(c2)CN(C(C)=O)CC3)CCN(C(=O)OC(C)(C)C)CC1. The molecule has 2 amide bonds. The summed E-state index contributed by atoms with van der Waals surface area (Å²) in [6.45, 7) is 10.4. The summed E-state index contributed by atoms with van der Waals surface area (Å²) < 4.78 is 37.4. The second kappa shape index (κ2) is 10.8. The van der Waals surface area contributed by atoms with Gasteiger partial charge in [-0.1, -0.05) is 6.07 Å². The van der Waals surface area contributed by atoms with E-state index in [2.05, 4.69) is 0 Å². The van der Waals surface area contributed by atoms with Crippen LogP contribution in [0, 0.1) is 5.41 Å². The van der Waals surface area contributed by atoms with Gasteiger partial charge in [0.25, 0.3) is 0 Å². The standard InChI is InChI=1S/C26H38N2O7S/c1-6-34-23(30)26(10-14-27(15-11-26)24(31)35-25(3,4)5)12-16-36(32,33)22-8-7-20-9-13-28(19(2)29)18-21(20)17-22/h7-8,17H,6,9-16,18H2,1-5H3. The third-order valence-corrected chi connectivity index (χ3v) is 8.64. The van der Waals surface area contributed by atoms with Crippen LogP contribution in [0.3, 0.4) is 0 Å². The lowest BCUT2D eigenvalue weighted by molar-refractivity contribution is -0.158. The van der Waals surface area contributed by atoms with E-state index in [1.165, 1.54) is 6.92 Å². The molecule has 0 aliphatic carbocycles. The van der Waals surface area contributed by atoms with Crippen LogP contribution in [0.4, 0.5) is 4.79 Å². The second-order valence-electron chi connectivity index (χ2n) is 10.7. The Morgan fingerprint density at radius 1 is 1.03 bits per heavy atom. The number of carbonyl (C=O) groups excluding carboxylic acids is 3. The lowest BCUT2D eigenvalue weighted by Crippen LogP contribution is -2.49. The molecule has 2 aliphatic heterocycles. The van der Waals surface area contributed by atoms with Gasteiger partial charge >= 0.3 is 12.1 Å². The fraction of sp³-hybridized carbons (Fsp3) is 0.654. The van der Waals surface area contributed by atoms with E-state index in [1.807, 2.05) is 6.07 Å². The van der Waals surface area contributed by atoms with E-state index in [0.717, 1.165) is 11.1 Å². The van der Waals surface area contributed by atoms with Gasteiger partial charge in [-0.25, -0.2) is 13.2 Å². The maximum Gasteiger partial charge on any atom is 0.410 e. The fourth-order valence-electron chi connectivity index (χ4n) is 4.73. The zero-order chi connectivity index (χ0) is 26.7. The summed E-state index contributed by atoms with van der Waals surface area (Å²) in [6, 6.07) is 5.09. The lowest BCUT2D eigenvalue weighted by atomic mass is 9.76. The van der Waals surface area contributed by atoms with Crippen molar-refractivity contribution >= 4 is 27.8 Å². The summed E-state index contributed by atoms with van der Waals surface area (Å²) in [4.78, 5) is 40.7. The molecule has 0 spiro atoms. The number of likely N-dealkylation sites (tertiary alicyclic amines) is 1. The first-order valence-corrected chi connectivity index (χ1v) is 14.2. The van der Waals surface area contributed by atoms with Crippen LogP contribution in [0.15, 0.2) is 23.1 Å². The molecule has 200 valence electrons. The first kappa shape index (κ1) is 28.0. The number of piperidine rings is 1. The summed E-state index contributed by atoms with van der Waals surface area (Å²) in [6.07, 6.45) is 0.959. The highest BCUT2D eigenvalue weighted by Crippen LogP contribution is 2.38. The molecule has 2 aliphatic rings. The van der Waals surface area contributed by atoms with Crippen LogP contribution in [0.2, 0.25) is 0 Å². The molecule has 0 saturated carbocycles. The van der Waals surface area contributed by atoms with Crippen molar-refractivity contribution < 1.29 is 32.3 Å². The number of esters is 1. The Bertz CT molecular complexity index is 1100. The van der Waals surface area contributed by atoms with Crippen LogP contribution >= 0.6 is 0 Å². The minimum atomic E-state index is -3.69. The molecule has 0 bridgehead atoms. The first-order chi connectivity index (χ1) is 16.8. The number of benzene rings is 1. The van der Waals surface area contributed by atoms with Crippen molar-refractivity contribution in [2.45, 2.75) is 77.3 Å². The van der Waals surface area contributed by atoms with E-state index in [1.54, 1.807) is 49.6 Å². The minimum Gasteiger partial charge on any atom is -0.466 e. The third-order valence-electron chi connectivity index (χ3n) is 6.92. The number of amides is 2. The molecule has 1 fully saturated rings. The molecule has 1 saturated heterocycles. The zero-order valence-electron chi connectivity index (χ0n) is 22.0. The van der Waals surface area contributed by atoms with Crippen molar-refractivity contribution in [1.29, 1.82) is 0 Å². The summed E-state index contributed by atoms with van der Waals surface area (Å²) in [5.74, 6) is -0.678. The number of carbonyl (C=O) groups is 3. The summed E-state index contributed by atoms with van der Waals surface area (Å²) in [7, 11) is -3.69. The fourth-order valence-corrected chi connectivity index (χ4v) is 6.22. The summed E-state index contributed by atoms with van der Waals surface area (Å²) in [5.41, 5.74) is 0.269. The number of hydrogen-bond acceptors (Lipinski definition) is 7. The average molecular weight is 523 g/mol. The van der Waals surface area contributed by atoms with Gasteiger partial charge in [-0.05, 0) is 76.6 Å². The Hall–Kier alpha value is -2.62. The van der Waals surface area contributed by atoms with E-state index >= 15 is 0 Å². The van der Waals surface area contributed by atoms with E-state index < -0.39 is 32.9 Å². The van der Waals surface area contributed by atoms with Gasteiger partial charge in [-0.3, -0.25) is 9.59 Å². The highest BCUT2D eigenvalue weighted by molar-refractivity contribution is 7.91. The topological polar surface area (TPSA) is 110 Å². The van der Waals surface area contributed by atoms with Crippen LogP contribution < -0.4 is 0 Å². The molecule has 36 heavy (non-hydrogen) atoms. The van der Waals surface area contributed by atoms with Crippen molar-refractivity contribution in [2.24, 2.45) is 5.41 Å². The largest absolute Gasteiger partial charge is 0.466 e. The van der Waals surface area contributed by atoms with Gasteiger partial charge in [0.1, 0.15) is 5.60 Å². The van der Waals surface area contributed by atoms with Gasteiger partial charge in [0.05, 0.1) is 22.7 Å². The van der Waals surface area contributed by atoms with Crippen LogP contribution in [0.25, 0.3) is 0 Å². The summed E-state index contributed by atoms with van der Waals surface area (Å²) in [5, 5.41) is 0. The van der Waals surface area contributed by atoms with Gasteiger partial charge in [-0.15, -0.1) is 0 Å². The van der Waals surface area contributed by atoms with Gasteiger partial charge in [-0.2, -0.15) is 0 Å². The molecule has 1 aromatic rings. The highest BCUT2D eigenvalue weighted by atomic mass is 32.2. The van der Waals surface area contributed by atoms with E-state index in [4.69, 9.17) is 9.47 Å². The first-order valence-electron chi connectivity index (χ1n) is 12.5. The van der Waals surface area contributed by atoms with Crippen LogP contribution in [0.5, 0.6) is 0 Å². The number of fused-ring (bicyclic) bond motifs is 1. The molecule has 10 heteroatoms. The smallest absolute Gasteiger partial charge is 0.410 e. The number of rotatable bonds is 6. The van der Waals surface area contributed by atoms with Crippen molar-refractivity contribution in [3.63, 3.8) is 0 Å². The minimum absolute atomic E-state index is 0.0389. The molecule has 0 unspecified atom stereocenters. The number of hydrogen-bond donors (Lipinski definition) is 0. The molecular weight excluding hydrogens is 484 g/mol. The number of nitrogens with zero attached hydrogens (tertiary/aromatic N) is 2. The molecule has 1 aromatic carbocycles. The van der Waals surface area contributed by atoms with Gasteiger partial charge < -0.3 is 19.3 Å². The molecule has 9 nitrogen and oxygen atoms in total. The predicted molar refractivity (Wildman–Crippen MR) is 134 cm³/mol. The Labute approximate surface area is 214 Å². The molecule has 2 heterocycles. The number of sulfone groups is 1. The second-order valence-corrected chi connectivity index (χ2v) is 12.8. The molecule has 0 atom stereocenters. The molecule has 3 rings (SSSR count). The molecule has 0 aromatic heterocycles. The maximum atomic E-state index is 13.3.